The summed E-state index contributed by atoms with van der Waals surface area (Å²) in [6.07, 6.45) is 0.342. The van der Waals surface area contributed by atoms with Crippen molar-refractivity contribution in [3.63, 3.8) is 0 Å². The number of fused-ring (bicyclic) bond motifs is 1. The summed E-state index contributed by atoms with van der Waals surface area (Å²) in [5.41, 5.74) is 2.22. The Kier molecular flexibility index (Phi) is 5.41. The van der Waals surface area contributed by atoms with Crippen LogP contribution >= 0.6 is 15.9 Å². The van der Waals surface area contributed by atoms with E-state index in [9.17, 15) is 14.0 Å². The number of hydrogen-bond donors (Lipinski definition) is 1. The van der Waals surface area contributed by atoms with E-state index in [4.69, 9.17) is 0 Å². The van der Waals surface area contributed by atoms with E-state index in [1.165, 1.54) is 12.1 Å². The SMILES string of the molecule is CC(C)CC(=O)N1CC(=O)Nc2ccc(Br)cc2[C@H]1c1ccc(F)cc1. The second-order valence-electron chi connectivity index (χ2n) is 6.85. The predicted octanol–water partition coefficient (Wildman–Crippen LogP) is 4.50. The van der Waals surface area contributed by atoms with Gasteiger partial charge in [0.15, 0.2) is 0 Å². The van der Waals surface area contributed by atoms with Gasteiger partial charge in [-0.05, 0) is 41.8 Å². The van der Waals surface area contributed by atoms with Crippen LogP contribution in [0.3, 0.4) is 0 Å². The number of benzene rings is 2. The lowest BCUT2D eigenvalue weighted by Crippen LogP contribution is -2.39. The molecule has 2 aromatic rings. The van der Waals surface area contributed by atoms with Gasteiger partial charge in [0.2, 0.25) is 11.8 Å². The Balaban J connectivity index is 2.16. The first-order valence-corrected chi connectivity index (χ1v) is 9.28. The molecule has 1 heterocycles. The first-order chi connectivity index (χ1) is 12.3. The van der Waals surface area contributed by atoms with Gasteiger partial charge in [0.1, 0.15) is 12.4 Å². The second kappa shape index (κ2) is 7.58. The molecular weight excluding hydrogens is 399 g/mol. The third-order valence-corrected chi connectivity index (χ3v) is 4.79. The van der Waals surface area contributed by atoms with Crippen molar-refractivity contribution in [2.75, 3.05) is 11.9 Å². The molecule has 4 nitrogen and oxygen atoms in total. The molecule has 3 rings (SSSR count). The Morgan fingerprint density at radius 1 is 1.27 bits per heavy atom. The monoisotopic (exact) mass is 418 g/mol. The highest BCUT2D eigenvalue weighted by molar-refractivity contribution is 9.10. The molecule has 0 saturated heterocycles. The summed E-state index contributed by atoms with van der Waals surface area (Å²) in [7, 11) is 0. The van der Waals surface area contributed by atoms with Gasteiger partial charge in [0, 0.05) is 22.1 Å². The smallest absolute Gasteiger partial charge is 0.244 e. The lowest BCUT2D eigenvalue weighted by Gasteiger charge is -2.31. The Morgan fingerprint density at radius 3 is 2.62 bits per heavy atom. The average molecular weight is 419 g/mol. The van der Waals surface area contributed by atoms with Crippen molar-refractivity contribution in [1.82, 2.24) is 4.90 Å². The highest BCUT2D eigenvalue weighted by atomic mass is 79.9. The van der Waals surface area contributed by atoms with Crippen LogP contribution in [0.1, 0.15) is 37.4 Å². The molecule has 1 atom stereocenters. The normalized spacial score (nSPS) is 16.9. The van der Waals surface area contributed by atoms with Crippen molar-refractivity contribution in [2.45, 2.75) is 26.3 Å². The van der Waals surface area contributed by atoms with Crippen molar-refractivity contribution < 1.29 is 14.0 Å². The molecular formula is C20H20BrFN2O2. The molecule has 26 heavy (non-hydrogen) atoms. The number of nitrogens with zero attached hydrogens (tertiary/aromatic N) is 1. The van der Waals surface area contributed by atoms with Gasteiger partial charge in [-0.15, -0.1) is 0 Å². The van der Waals surface area contributed by atoms with E-state index in [1.54, 1.807) is 17.0 Å². The number of anilines is 1. The standard InChI is InChI=1S/C20H20BrFN2O2/c1-12(2)9-19(26)24-11-18(25)23-17-8-5-14(21)10-16(17)20(24)13-3-6-15(22)7-4-13/h3-8,10,12,20H,9,11H2,1-2H3,(H,23,25)/t20-/m1/s1. The number of nitrogens with one attached hydrogen (secondary N) is 1. The summed E-state index contributed by atoms with van der Waals surface area (Å²) in [6.45, 7) is 3.89. The summed E-state index contributed by atoms with van der Waals surface area (Å²) < 4.78 is 14.3. The van der Waals surface area contributed by atoms with E-state index >= 15 is 0 Å². The summed E-state index contributed by atoms with van der Waals surface area (Å²) in [5.74, 6) is -0.511. The molecule has 0 saturated carbocycles. The van der Waals surface area contributed by atoms with Gasteiger partial charge in [-0.25, -0.2) is 4.39 Å². The van der Waals surface area contributed by atoms with Crippen LogP contribution in [0, 0.1) is 11.7 Å². The molecule has 1 N–H and O–H groups in total. The van der Waals surface area contributed by atoms with Gasteiger partial charge >= 0.3 is 0 Å². The topological polar surface area (TPSA) is 49.4 Å². The summed E-state index contributed by atoms with van der Waals surface area (Å²) >= 11 is 3.46. The lowest BCUT2D eigenvalue weighted by molar-refractivity contribution is -0.136. The van der Waals surface area contributed by atoms with Crippen LogP contribution in [0.5, 0.6) is 0 Å². The molecule has 2 aromatic carbocycles. The molecule has 0 radical (unpaired) electrons. The molecule has 0 aliphatic carbocycles. The van der Waals surface area contributed by atoms with Crippen molar-refractivity contribution >= 4 is 33.4 Å². The summed E-state index contributed by atoms with van der Waals surface area (Å²) in [4.78, 5) is 26.9. The molecule has 0 spiro atoms. The van der Waals surface area contributed by atoms with Crippen LogP contribution in [0.4, 0.5) is 10.1 Å². The van der Waals surface area contributed by atoms with Crippen LogP contribution in [0.2, 0.25) is 0 Å². The lowest BCUT2D eigenvalue weighted by atomic mass is 9.95. The highest BCUT2D eigenvalue weighted by Gasteiger charge is 2.33. The number of hydrogen-bond acceptors (Lipinski definition) is 2. The number of carbonyl (C=O) groups excluding carboxylic acids is 2. The molecule has 136 valence electrons. The number of amides is 2. The zero-order valence-corrected chi connectivity index (χ0v) is 16.2. The molecule has 1 aliphatic rings. The van der Waals surface area contributed by atoms with Gasteiger partial charge in [-0.3, -0.25) is 9.59 Å². The number of rotatable bonds is 3. The molecule has 2 amide bonds. The van der Waals surface area contributed by atoms with Crippen molar-refractivity contribution in [3.8, 4) is 0 Å². The van der Waals surface area contributed by atoms with Gasteiger partial charge < -0.3 is 10.2 Å². The third kappa shape index (κ3) is 3.96. The van der Waals surface area contributed by atoms with Crippen molar-refractivity contribution in [3.05, 3.63) is 63.9 Å². The van der Waals surface area contributed by atoms with Gasteiger partial charge in [0.05, 0.1) is 6.04 Å². The van der Waals surface area contributed by atoms with Crippen molar-refractivity contribution in [2.24, 2.45) is 5.92 Å². The molecule has 0 unspecified atom stereocenters. The first-order valence-electron chi connectivity index (χ1n) is 8.49. The van der Waals surface area contributed by atoms with E-state index in [1.807, 2.05) is 32.0 Å². The Hall–Kier alpha value is -2.21. The first kappa shape index (κ1) is 18.6. The third-order valence-electron chi connectivity index (χ3n) is 4.30. The average Bonchev–Trinajstić information content (AvgIpc) is 2.71. The quantitative estimate of drug-likeness (QED) is 0.797. The van der Waals surface area contributed by atoms with Gasteiger partial charge in [-0.2, -0.15) is 0 Å². The Morgan fingerprint density at radius 2 is 1.96 bits per heavy atom. The minimum absolute atomic E-state index is 0.0418. The molecule has 6 heteroatoms. The maximum absolute atomic E-state index is 13.4. The Bertz CT molecular complexity index is 836. The molecule has 0 fully saturated rings. The van der Waals surface area contributed by atoms with E-state index < -0.39 is 6.04 Å². The van der Waals surface area contributed by atoms with Crippen LogP contribution in [0.25, 0.3) is 0 Å². The van der Waals surface area contributed by atoms with E-state index in [0.29, 0.717) is 12.1 Å². The maximum atomic E-state index is 13.4. The zero-order chi connectivity index (χ0) is 18.8. The minimum atomic E-state index is -0.465. The number of halogens is 2. The minimum Gasteiger partial charge on any atom is -0.324 e. The fraction of sp³-hybridized carbons (Fsp3) is 0.300. The fourth-order valence-electron chi connectivity index (χ4n) is 3.18. The maximum Gasteiger partial charge on any atom is 0.244 e. The molecule has 0 bridgehead atoms. The van der Waals surface area contributed by atoms with Crippen molar-refractivity contribution in [1.29, 1.82) is 0 Å². The summed E-state index contributed by atoms with van der Waals surface area (Å²) in [5, 5.41) is 2.87. The Labute approximate surface area is 160 Å². The molecule has 1 aliphatic heterocycles. The van der Waals surface area contributed by atoms with Crippen LogP contribution in [-0.4, -0.2) is 23.3 Å². The van der Waals surface area contributed by atoms with E-state index in [0.717, 1.165) is 15.6 Å². The predicted molar refractivity (Wildman–Crippen MR) is 102 cm³/mol. The highest BCUT2D eigenvalue weighted by Crippen LogP contribution is 2.37. The van der Waals surface area contributed by atoms with Gasteiger partial charge in [0.25, 0.3) is 0 Å². The van der Waals surface area contributed by atoms with Crippen LogP contribution in [0.15, 0.2) is 46.9 Å². The fourth-order valence-corrected chi connectivity index (χ4v) is 3.56. The second-order valence-corrected chi connectivity index (χ2v) is 7.77. The largest absolute Gasteiger partial charge is 0.324 e. The van der Waals surface area contributed by atoms with E-state index in [2.05, 4.69) is 21.2 Å². The molecule has 0 aromatic heterocycles. The van der Waals surface area contributed by atoms with Crippen LogP contribution < -0.4 is 5.32 Å². The van der Waals surface area contributed by atoms with Gasteiger partial charge in [-0.1, -0.05) is 41.9 Å². The van der Waals surface area contributed by atoms with E-state index in [-0.39, 0.29) is 30.1 Å². The van der Waals surface area contributed by atoms with Crippen LogP contribution in [-0.2, 0) is 9.59 Å². The zero-order valence-electron chi connectivity index (χ0n) is 14.6. The summed E-state index contributed by atoms with van der Waals surface area (Å²) in [6, 6.07) is 11.2. The number of carbonyl (C=O) groups is 2.